The Bertz CT molecular complexity index is 409. The van der Waals surface area contributed by atoms with E-state index in [9.17, 15) is 4.79 Å². The van der Waals surface area contributed by atoms with Crippen molar-refractivity contribution < 1.29 is 9.90 Å². The minimum absolute atomic E-state index is 0.449. The number of carboxylic acids is 1. The molecule has 2 nitrogen and oxygen atoms in total. The summed E-state index contributed by atoms with van der Waals surface area (Å²) in [6.07, 6.45) is 4.03. The minimum atomic E-state index is -0.786. The van der Waals surface area contributed by atoms with Crippen LogP contribution in [0.3, 0.4) is 0 Å². The van der Waals surface area contributed by atoms with Gasteiger partial charge in [0, 0.05) is 0 Å². The molecular formula is C16H22O2. The lowest BCUT2D eigenvalue weighted by molar-refractivity contribution is -0.140. The maximum Gasteiger partial charge on any atom is 0.310 e. The van der Waals surface area contributed by atoms with Crippen molar-refractivity contribution in [1.29, 1.82) is 0 Å². The number of aliphatic carboxylic acids is 1. The van der Waals surface area contributed by atoms with Crippen LogP contribution < -0.4 is 0 Å². The highest BCUT2D eigenvalue weighted by molar-refractivity contribution is 5.71. The van der Waals surface area contributed by atoms with Crippen LogP contribution in [0.1, 0.15) is 43.7 Å². The van der Waals surface area contributed by atoms with Crippen LogP contribution in [0.15, 0.2) is 36.9 Å². The average Bonchev–Trinajstić information content (AvgIpc) is 2.38. The SMILES string of the molecule is C=CC(CCc1ccccc1C(C)CC)C(=O)O. The normalized spacial score (nSPS) is 13.9. The number of hydrogen-bond donors (Lipinski definition) is 1. The third-order valence-corrected chi connectivity index (χ3v) is 3.52. The van der Waals surface area contributed by atoms with Gasteiger partial charge in [-0.2, -0.15) is 0 Å². The van der Waals surface area contributed by atoms with Gasteiger partial charge in [0.1, 0.15) is 0 Å². The predicted octanol–water partition coefficient (Wildman–Crippen LogP) is 4.02. The maximum atomic E-state index is 11.0. The van der Waals surface area contributed by atoms with Gasteiger partial charge >= 0.3 is 5.97 Å². The zero-order valence-corrected chi connectivity index (χ0v) is 11.2. The lowest BCUT2D eigenvalue weighted by Crippen LogP contribution is -2.12. The summed E-state index contributed by atoms with van der Waals surface area (Å²) < 4.78 is 0. The van der Waals surface area contributed by atoms with Gasteiger partial charge < -0.3 is 5.11 Å². The molecule has 0 fully saturated rings. The number of hydrogen-bond acceptors (Lipinski definition) is 1. The summed E-state index contributed by atoms with van der Waals surface area (Å²) in [5.41, 5.74) is 2.60. The van der Waals surface area contributed by atoms with E-state index in [2.05, 4.69) is 32.6 Å². The topological polar surface area (TPSA) is 37.3 Å². The van der Waals surface area contributed by atoms with Gasteiger partial charge in [-0.15, -0.1) is 6.58 Å². The molecule has 0 bridgehead atoms. The van der Waals surface area contributed by atoms with E-state index in [1.165, 1.54) is 17.2 Å². The third kappa shape index (κ3) is 3.73. The summed E-state index contributed by atoms with van der Waals surface area (Å²) in [5.74, 6) is -0.714. The van der Waals surface area contributed by atoms with Crippen molar-refractivity contribution in [2.75, 3.05) is 0 Å². The van der Waals surface area contributed by atoms with E-state index >= 15 is 0 Å². The number of carboxylic acid groups (broad SMARTS) is 1. The van der Waals surface area contributed by atoms with E-state index in [0.717, 1.165) is 12.8 Å². The van der Waals surface area contributed by atoms with E-state index in [-0.39, 0.29) is 0 Å². The Morgan fingerprint density at radius 1 is 1.44 bits per heavy atom. The van der Waals surface area contributed by atoms with Crippen LogP contribution in [0, 0.1) is 5.92 Å². The minimum Gasteiger partial charge on any atom is -0.481 e. The molecule has 0 aliphatic rings. The van der Waals surface area contributed by atoms with Gasteiger partial charge in [-0.1, -0.05) is 44.2 Å². The first kappa shape index (κ1) is 14.5. The fourth-order valence-corrected chi connectivity index (χ4v) is 2.12. The summed E-state index contributed by atoms with van der Waals surface area (Å²) in [5, 5.41) is 9.00. The first-order chi connectivity index (χ1) is 8.60. The molecule has 0 heterocycles. The molecule has 0 aromatic heterocycles. The monoisotopic (exact) mass is 246 g/mol. The fraction of sp³-hybridized carbons (Fsp3) is 0.438. The van der Waals surface area contributed by atoms with Crippen molar-refractivity contribution in [2.45, 2.75) is 39.0 Å². The summed E-state index contributed by atoms with van der Waals surface area (Å²) >= 11 is 0. The van der Waals surface area contributed by atoms with Crippen LogP contribution in [0.25, 0.3) is 0 Å². The Morgan fingerprint density at radius 2 is 2.11 bits per heavy atom. The molecular weight excluding hydrogens is 224 g/mol. The van der Waals surface area contributed by atoms with Crippen molar-refractivity contribution >= 4 is 5.97 Å². The van der Waals surface area contributed by atoms with Crippen LogP contribution in [-0.4, -0.2) is 11.1 Å². The summed E-state index contributed by atoms with van der Waals surface area (Å²) in [6.45, 7) is 7.97. The summed E-state index contributed by atoms with van der Waals surface area (Å²) in [7, 11) is 0. The Balaban J connectivity index is 2.78. The zero-order valence-electron chi connectivity index (χ0n) is 11.2. The molecule has 18 heavy (non-hydrogen) atoms. The number of rotatable bonds is 7. The highest BCUT2D eigenvalue weighted by atomic mass is 16.4. The van der Waals surface area contributed by atoms with Crippen molar-refractivity contribution in [3.05, 3.63) is 48.0 Å². The van der Waals surface area contributed by atoms with Crippen LogP contribution in [0.5, 0.6) is 0 Å². The van der Waals surface area contributed by atoms with E-state index in [0.29, 0.717) is 12.3 Å². The average molecular weight is 246 g/mol. The van der Waals surface area contributed by atoms with Crippen LogP contribution in [0.4, 0.5) is 0 Å². The Labute approximate surface area is 109 Å². The standard InChI is InChI=1S/C16H22O2/c1-4-12(3)15-9-7-6-8-14(15)11-10-13(5-2)16(17)18/h5-9,12-13H,2,4,10-11H2,1,3H3,(H,17,18). The molecule has 0 spiro atoms. The molecule has 0 aliphatic heterocycles. The quantitative estimate of drug-likeness (QED) is 0.738. The highest BCUT2D eigenvalue weighted by Gasteiger charge is 2.15. The fourth-order valence-electron chi connectivity index (χ4n) is 2.12. The zero-order chi connectivity index (χ0) is 13.5. The van der Waals surface area contributed by atoms with Gasteiger partial charge in [0.2, 0.25) is 0 Å². The molecule has 1 aromatic rings. The van der Waals surface area contributed by atoms with Crippen molar-refractivity contribution in [3.8, 4) is 0 Å². The molecule has 0 saturated heterocycles. The molecule has 0 amide bonds. The smallest absolute Gasteiger partial charge is 0.310 e. The lowest BCUT2D eigenvalue weighted by Gasteiger charge is -2.15. The van der Waals surface area contributed by atoms with Crippen molar-refractivity contribution in [1.82, 2.24) is 0 Å². The summed E-state index contributed by atoms with van der Waals surface area (Å²) in [4.78, 5) is 11.0. The summed E-state index contributed by atoms with van der Waals surface area (Å²) in [6, 6.07) is 8.31. The van der Waals surface area contributed by atoms with Gasteiger partial charge in [0.25, 0.3) is 0 Å². The molecule has 0 radical (unpaired) electrons. The predicted molar refractivity (Wildman–Crippen MR) is 74.8 cm³/mol. The molecule has 98 valence electrons. The van der Waals surface area contributed by atoms with Gasteiger partial charge in [0.05, 0.1) is 5.92 Å². The second kappa shape index (κ2) is 7.00. The lowest BCUT2D eigenvalue weighted by atomic mass is 9.90. The van der Waals surface area contributed by atoms with Gasteiger partial charge in [-0.05, 0) is 36.3 Å². The Kier molecular flexibility index (Phi) is 5.63. The molecule has 1 aromatic carbocycles. The first-order valence-electron chi connectivity index (χ1n) is 6.53. The van der Waals surface area contributed by atoms with E-state index in [4.69, 9.17) is 5.11 Å². The van der Waals surface area contributed by atoms with Crippen LogP contribution in [0.2, 0.25) is 0 Å². The van der Waals surface area contributed by atoms with Crippen molar-refractivity contribution in [2.24, 2.45) is 5.92 Å². The third-order valence-electron chi connectivity index (χ3n) is 3.52. The van der Waals surface area contributed by atoms with E-state index in [1.807, 2.05) is 12.1 Å². The maximum absolute atomic E-state index is 11.0. The second-order valence-corrected chi connectivity index (χ2v) is 4.73. The van der Waals surface area contributed by atoms with Crippen LogP contribution >= 0.6 is 0 Å². The van der Waals surface area contributed by atoms with Gasteiger partial charge in [-0.25, -0.2) is 0 Å². The van der Waals surface area contributed by atoms with Gasteiger partial charge in [0.15, 0.2) is 0 Å². The number of aryl methyl sites for hydroxylation is 1. The second-order valence-electron chi connectivity index (χ2n) is 4.73. The largest absolute Gasteiger partial charge is 0.481 e. The molecule has 2 atom stereocenters. The molecule has 0 saturated carbocycles. The molecule has 1 N–H and O–H groups in total. The molecule has 0 aliphatic carbocycles. The Hall–Kier alpha value is -1.57. The number of benzene rings is 1. The Morgan fingerprint density at radius 3 is 2.67 bits per heavy atom. The first-order valence-corrected chi connectivity index (χ1v) is 6.53. The molecule has 2 unspecified atom stereocenters. The van der Waals surface area contributed by atoms with Gasteiger partial charge in [-0.3, -0.25) is 4.79 Å². The van der Waals surface area contributed by atoms with Crippen LogP contribution in [-0.2, 0) is 11.2 Å². The number of carbonyl (C=O) groups is 1. The molecule has 1 rings (SSSR count). The highest BCUT2D eigenvalue weighted by Crippen LogP contribution is 2.24. The van der Waals surface area contributed by atoms with E-state index in [1.54, 1.807) is 0 Å². The molecule has 2 heteroatoms. The van der Waals surface area contributed by atoms with E-state index < -0.39 is 11.9 Å². The van der Waals surface area contributed by atoms with Crippen molar-refractivity contribution in [3.63, 3.8) is 0 Å².